The van der Waals surface area contributed by atoms with Crippen LogP contribution < -0.4 is 14.4 Å². The average Bonchev–Trinajstić information content (AvgIpc) is 3.28. The summed E-state index contributed by atoms with van der Waals surface area (Å²) < 4.78 is 36.9. The maximum Gasteiger partial charge on any atom is 0.185 e. The van der Waals surface area contributed by atoms with E-state index in [0.29, 0.717) is 37.4 Å². The van der Waals surface area contributed by atoms with Gasteiger partial charge in [0.05, 0.1) is 30.1 Å². The second-order valence-corrected chi connectivity index (χ2v) is 11.1. The average molecular weight is 473 g/mol. The van der Waals surface area contributed by atoms with Crippen LogP contribution in [0.2, 0.25) is 0 Å². The molecular weight excluding hydrogens is 444 g/mol. The van der Waals surface area contributed by atoms with Gasteiger partial charge in [0.1, 0.15) is 0 Å². The van der Waals surface area contributed by atoms with Crippen LogP contribution in [0, 0.1) is 6.92 Å². The summed E-state index contributed by atoms with van der Waals surface area (Å²) in [7, 11) is -0.401. The maximum absolute atomic E-state index is 13.2. The topological polar surface area (TPSA) is 68.7 Å². The molecule has 1 aromatic heterocycles. The molecule has 3 aromatic rings. The lowest BCUT2D eigenvalue weighted by Crippen LogP contribution is -2.39. The van der Waals surface area contributed by atoms with Crippen LogP contribution >= 0.6 is 11.3 Å². The zero-order valence-corrected chi connectivity index (χ0v) is 20.2. The number of aryl methyl sites for hydroxylation is 1. The fraction of sp³-hybridized carbons (Fsp3) is 0.375. The predicted molar refractivity (Wildman–Crippen MR) is 128 cm³/mol. The molecule has 0 amide bonds. The molecule has 0 bridgehead atoms. The van der Waals surface area contributed by atoms with E-state index in [2.05, 4.69) is 41.5 Å². The van der Waals surface area contributed by atoms with Gasteiger partial charge in [0.15, 0.2) is 26.5 Å². The molecule has 0 aliphatic carbocycles. The lowest BCUT2D eigenvalue weighted by Gasteiger charge is -2.31. The van der Waals surface area contributed by atoms with E-state index in [0.717, 1.165) is 17.2 Å². The normalized spacial score (nSPS) is 15.0. The zero-order chi connectivity index (χ0) is 22.7. The Morgan fingerprint density at radius 1 is 1.03 bits per heavy atom. The molecule has 6 nitrogen and oxygen atoms in total. The van der Waals surface area contributed by atoms with Crippen LogP contribution in [0.4, 0.5) is 5.13 Å². The summed E-state index contributed by atoms with van der Waals surface area (Å²) in [4.78, 5) is 7.28. The van der Waals surface area contributed by atoms with Crippen LogP contribution in [0.3, 0.4) is 0 Å². The third-order valence-electron chi connectivity index (χ3n) is 5.88. The van der Waals surface area contributed by atoms with E-state index < -0.39 is 15.1 Å². The summed E-state index contributed by atoms with van der Waals surface area (Å²) in [5, 5.41) is 2.65. The molecule has 0 radical (unpaired) electrons. The molecule has 170 valence electrons. The molecular formula is C24H28N2O4S2. The van der Waals surface area contributed by atoms with E-state index in [1.54, 1.807) is 29.5 Å². The van der Waals surface area contributed by atoms with E-state index >= 15 is 0 Å². The van der Waals surface area contributed by atoms with E-state index in [1.807, 2.05) is 0 Å². The van der Waals surface area contributed by atoms with Crippen LogP contribution in [0.5, 0.6) is 11.5 Å². The Morgan fingerprint density at radius 3 is 2.38 bits per heavy atom. The van der Waals surface area contributed by atoms with Crippen molar-refractivity contribution in [1.29, 1.82) is 0 Å². The van der Waals surface area contributed by atoms with Crippen molar-refractivity contribution in [3.63, 3.8) is 0 Å². The quantitative estimate of drug-likeness (QED) is 0.504. The van der Waals surface area contributed by atoms with Gasteiger partial charge in [-0.2, -0.15) is 0 Å². The Balaban J connectivity index is 1.41. The minimum atomic E-state index is -3.44. The number of nitrogens with zero attached hydrogens (tertiary/aromatic N) is 2. The molecule has 0 atom stereocenters. The number of piperidine rings is 1. The highest BCUT2D eigenvalue weighted by atomic mass is 32.2. The molecule has 0 saturated carbocycles. The summed E-state index contributed by atoms with van der Waals surface area (Å²) in [6.07, 6.45) is 1.95. The molecule has 32 heavy (non-hydrogen) atoms. The molecule has 2 heterocycles. The van der Waals surface area contributed by atoms with E-state index in [1.165, 1.54) is 25.3 Å². The molecule has 1 fully saturated rings. The molecule has 1 saturated heterocycles. The van der Waals surface area contributed by atoms with E-state index in [-0.39, 0.29) is 4.90 Å². The van der Waals surface area contributed by atoms with Gasteiger partial charge in [-0.05, 0) is 37.5 Å². The van der Waals surface area contributed by atoms with Gasteiger partial charge in [-0.25, -0.2) is 13.4 Å². The Labute approximate surface area is 193 Å². The van der Waals surface area contributed by atoms with Crippen LogP contribution in [0.25, 0.3) is 0 Å². The number of sulfone groups is 1. The number of rotatable bonds is 7. The molecule has 0 N–H and O–H groups in total. The van der Waals surface area contributed by atoms with E-state index in [4.69, 9.17) is 14.5 Å². The van der Waals surface area contributed by atoms with Crippen molar-refractivity contribution in [3.8, 4) is 11.5 Å². The Kier molecular flexibility index (Phi) is 6.71. The van der Waals surface area contributed by atoms with Gasteiger partial charge >= 0.3 is 0 Å². The van der Waals surface area contributed by atoms with Crippen LogP contribution in [0.15, 0.2) is 52.7 Å². The van der Waals surface area contributed by atoms with E-state index in [9.17, 15) is 8.42 Å². The first-order chi connectivity index (χ1) is 15.4. The van der Waals surface area contributed by atoms with Crippen LogP contribution in [0.1, 0.15) is 29.7 Å². The summed E-state index contributed by atoms with van der Waals surface area (Å²) in [5.41, 5.74) is 3.54. The second-order valence-electron chi connectivity index (χ2n) is 8.03. The number of hydrogen-bond acceptors (Lipinski definition) is 7. The molecule has 0 spiro atoms. The highest BCUT2D eigenvalue weighted by molar-refractivity contribution is 7.92. The van der Waals surface area contributed by atoms with Gasteiger partial charge < -0.3 is 14.4 Å². The van der Waals surface area contributed by atoms with Crippen molar-refractivity contribution >= 4 is 26.3 Å². The van der Waals surface area contributed by atoms with Gasteiger partial charge in [0.25, 0.3) is 0 Å². The van der Waals surface area contributed by atoms with Crippen molar-refractivity contribution in [1.82, 2.24) is 4.98 Å². The smallest absolute Gasteiger partial charge is 0.185 e. The fourth-order valence-corrected chi connectivity index (χ4v) is 6.61. The standard InChI is InChI=1S/C24H28N2O4S2/c1-17-4-6-18(7-5-17)14-19-16-31-24(25-19)26-12-10-20(11-13-26)32(27,28)21-8-9-22(29-2)23(15-21)30-3/h4-9,15-16,20H,10-14H2,1-3H3. The fourth-order valence-electron chi connectivity index (χ4n) is 3.98. The highest BCUT2D eigenvalue weighted by Crippen LogP contribution is 2.34. The number of methoxy groups -OCH3 is 2. The Bertz CT molecular complexity index is 1160. The van der Waals surface area contributed by atoms with Crippen molar-refractivity contribution in [3.05, 3.63) is 64.7 Å². The van der Waals surface area contributed by atoms with Gasteiger partial charge in [-0.15, -0.1) is 11.3 Å². The van der Waals surface area contributed by atoms with Gasteiger partial charge in [0.2, 0.25) is 0 Å². The first kappa shape index (κ1) is 22.6. The number of hydrogen-bond donors (Lipinski definition) is 0. The molecule has 8 heteroatoms. The van der Waals surface area contributed by atoms with Gasteiger partial charge in [0, 0.05) is 31.0 Å². The number of aromatic nitrogens is 1. The van der Waals surface area contributed by atoms with Gasteiger partial charge in [-0.1, -0.05) is 29.8 Å². The monoisotopic (exact) mass is 472 g/mol. The third kappa shape index (κ3) is 4.76. The minimum Gasteiger partial charge on any atom is -0.493 e. The molecule has 0 unspecified atom stereocenters. The first-order valence-corrected chi connectivity index (χ1v) is 13.0. The minimum absolute atomic E-state index is 0.281. The van der Waals surface area contributed by atoms with Crippen molar-refractivity contribution in [2.45, 2.75) is 36.3 Å². The summed E-state index contributed by atoms with van der Waals surface area (Å²) in [6.45, 7) is 3.43. The SMILES string of the molecule is COc1ccc(S(=O)(=O)C2CCN(c3nc(Cc4ccc(C)cc4)cs3)CC2)cc1OC. The van der Waals surface area contributed by atoms with Crippen LogP contribution in [-0.4, -0.2) is 46.0 Å². The lowest BCUT2D eigenvalue weighted by atomic mass is 10.1. The molecule has 2 aromatic carbocycles. The number of ether oxygens (including phenoxy) is 2. The lowest BCUT2D eigenvalue weighted by molar-refractivity contribution is 0.354. The summed E-state index contributed by atoms with van der Waals surface area (Å²) in [5.74, 6) is 0.946. The number of anilines is 1. The van der Waals surface area contributed by atoms with Crippen molar-refractivity contribution < 1.29 is 17.9 Å². The number of thiazole rings is 1. The molecule has 4 rings (SSSR count). The Hall–Kier alpha value is -2.58. The molecule has 1 aliphatic heterocycles. The first-order valence-electron chi connectivity index (χ1n) is 10.6. The third-order valence-corrected chi connectivity index (χ3v) is 9.09. The zero-order valence-electron chi connectivity index (χ0n) is 18.6. The summed E-state index contributed by atoms with van der Waals surface area (Å²) in [6, 6.07) is 13.3. The summed E-state index contributed by atoms with van der Waals surface area (Å²) >= 11 is 1.63. The largest absolute Gasteiger partial charge is 0.493 e. The maximum atomic E-state index is 13.2. The van der Waals surface area contributed by atoms with Crippen molar-refractivity contribution in [2.75, 3.05) is 32.2 Å². The van der Waals surface area contributed by atoms with Crippen LogP contribution in [-0.2, 0) is 16.3 Å². The predicted octanol–water partition coefficient (Wildman–Crippen LogP) is 4.50. The van der Waals surface area contributed by atoms with Gasteiger partial charge in [-0.3, -0.25) is 0 Å². The Morgan fingerprint density at radius 2 is 1.72 bits per heavy atom. The van der Waals surface area contributed by atoms with Crippen molar-refractivity contribution in [2.24, 2.45) is 0 Å². The highest BCUT2D eigenvalue weighted by Gasteiger charge is 2.32. The molecule has 1 aliphatic rings. The number of benzene rings is 2. The second kappa shape index (κ2) is 9.50.